The molecule has 1 aromatic heterocycles. The van der Waals surface area contributed by atoms with Crippen molar-refractivity contribution in [2.24, 2.45) is 0 Å². The van der Waals surface area contributed by atoms with Gasteiger partial charge in [-0.2, -0.15) is 0 Å². The zero-order valence-corrected chi connectivity index (χ0v) is 19.0. The maximum atomic E-state index is 13.1. The van der Waals surface area contributed by atoms with Crippen LogP contribution in [0.4, 0.5) is 0 Å². The van der Waals surface area contributed by atoms with Gasteiger partial charge in [0.25, 0.3) is 11.7 Å². The number of carbonyl (C=O) groups is 2. The number of benzene rings is 2. The summed E-state index contributed by atoms with van der Waals surface area (Å²) in [5, 5.41) is 11.1. The summed E-state index contributed by atoms with van der Waals surface area (Å²) in [6, 6.07) is 17.0. The largest absolute Gasteiger partial charge is 0.507 e. The number of aromatic nitrogens is 1. The number of hydrogen-bond donors (Lipinski definition) is 1. The number of rotatable bonds is 6. The van der Waals surface area contributed by atoms with E-state index >= 15 is 0 Å². The molecule has 32 heavy (non-hydrogen) atoms. The Balaban J connectivity index is 1.83. The first-order valence-corrected chi connectivity index (χ1v) is 10.9. The van der Waals surface area contributed by atoms with Gasteiger partial charge in [0.15, 0.2) is 0 Å². The normalized spacial score (nSPS) is 17.6. The van der Waals surface area contributed by atoms with Crippen molar-refractivity contribution in [2.45, 2.75) is 19.5 Å². The van der Waals surface area contributed by atoms with E-state index in [-0.39, 0.29) is 17.9 Å². The Morgan fingerprint density at radius 3 is 2.44 bits per heavy atom. The van der Waals surface area contributed by atoms with Crippen LogP contribution in [0.1, 0.15) is 29.7 Å². The number of ether oxygens (including phenoxy) is 1. The molecule has 1 aliphatic rings. The van der Waals surface area contributed by atoms with Crippen molar-refractivity contribution < 1.29 is 19.4 Å². The lowest BCUT2D eigenvalue weighted by atomic mass is 9.95. The van der Waals surface area contributed by atoms with E-state index in [1.54, 1.807) is 54.9 Å². The molecule has 2 heterocycles. The first kappa shape index (κ1) is 21.8. The van der Waals surface area contributed by atoms with Gasteiger partial charge in [0, 0.05) is 29.0 Å². The zero-order chi connectivity index (χ0) is 22.7. The van der Waals surface area contributed by atoms with Crippen molar-refractivity contribution in [3.63, 3.8) is 0 Å². The molecule has 1 saturated heterocycles. The molecule has 6 nitrogen and oxygen atoms in total. The van der Waals surface area contributed by atoms with Crippen molar-refractivity contribution >= 4 is 33.4 Å². The van der Waals surface area contributed by atoms with Gasteiger partial charge in [0.1, 0.15) is 11.5 Å². The van der Waals surface area contributed by atoms with Crippen molar-refractivity contribution in [3.8, 4) is 5.75 Å². The predicted octanol–water partition coefficient (Wildman–Crippen LogP) is 4.86. The standard InChI is InChI=1S/C25H21BrN2O4/c1-2-32-20-11-7-17(8-12-20)22-21(23(29)18-5-9-19(26)10-6-18)24(30)25(31)28(22)15-16-4-3-13-27-14-16/h3-14,22,29H,2,15H2,1H3/t22-/m0/s1. The van der Waals surface area contributed by atoms with Crippen LogP contribution in [0.15, 0.2) is 83.1 Å². The van der Waals surface area contributed by atoms with Crippen LogP contribution in [-0.2, 0) is 16.1 Å². The molecule has 162 valence electrons. The van der Waals surface area contributed by atoms with E-state index in [2.05, 4.69) is 20.9 Å². The van der Waals surface area contributed by atoms with E-state index in [1.807, 2.05) is 25.1 Å². The summed E-state index contributed by atoms with van der Waals surface area (Å²) in [7, 11) is 0. The number of amides is 1. The Morgan fingerprint density at radius 2 is 1.81 bits per heavy atom. The predicted molar refractivity (Wildman–Crippen MR) is 124 cm³/mol. The first-order valence-electron chi connectivity index (χ1n) is 10.2. The SMILES string of the molecule is CCOc1ccc([C@H]2C(=C(O)c3ccc(Br)cc3)C(=O)C(=O)N2Cc2cccnc2)cc1. The van der Waals surface area contributed by atoms with Crippen molar-refractivity contribution in [1.82, 2.24) is 9.88 Å². The first-order chi connectivity index (χ1) is 15.5. The van der Waals surface area contributed by atoms with Crippen LogP contribution in [0.3, 0.4) is 0 Å². The number of halogens is 1. The third kappa shape index (κ3) is 4.29. The summed E-state index contributed by atoms with van der Waals surface area (Å²) in [5.74, 6) is -0.892. The van der Waals surface area contributed by atoms with Gasteiger partial charge in [-0.1, -0.05) is 46.3 Å². The molecular formula is C25H21BrN2O4. The van der Waals surface area contributed by atoms with Gasteiger partial charge in [-0.05, 0) is 48.4 Å². The number of aliphatic hydroxyl groups is 1. The monoisotopic (exact) mass is 492 g/mol. The second kappa shape index (κ2) is 9.36. The fourth-order valence-corrected chi connectivity index (χ4v) is 4.02. The highest BCUT2D eigenvalue weighted by atomic mass is 79.9. The van der Waals surface area contributed by atoms with E-state index in [0.29, 0.717) is 23.5 Å². The highest BCUT2D eigenvalue weighted by molar-refractivity contribution is 9.10. The van der Waals surface area contributed by atoms with Crippen LogP contribution in [0.2, 0.25) is 0 Å². The van der Waals surface area contributed by atoms with Crippen LogP contribution in [0.25, 0.3) is 5.76 Å². The molecule has 0 aliphatic carbocycles. The molecule has 0 saturated carbocycles. The lowest BCUT2D eigenvalue weighted by molar-refractivity contribution is -0.140. The van der Waals surface area contributed by atoms with Gasteiger partial charge in [-0.25, -0.2) is 0 Å². The Hall–Kier alpha value is -3.45. The average molecular weight is 493 g/mol. The maximum absolute atomic E-state index is 13.1. The third-order valence-electron chi connectivity index (χ3n) is 5.24. The van der Waals surface area contributed by atoms with E-state index in [4.69, 9.17) is 4.74 Å². The van der Waals surface area contributed by atoms with Gasteiger partial charge in [-0.15, -0.1) is 0 Å². The molecule has 3 aromatic rings. The minimum atomic E-state index is -0.741. The summed E-state index contributed by atoms with van der Waals surface area (Å²) in [5.41, 5.74) is 2.01. The Bertz CT molecular complexity index is 1160. The molecule has 2 aromatic carbocycles. The van der Waals surface area contributed by atoms with E-state index < -0.39 is 17.7 Å². The summed E-state index contributed by atoms with van der Waals surface area (Å²) < 4.78 is 6.36. The molecule has 7 heteroatoms. The Kier molecular flexibility index (Phi) is 6.37. The molecule has 0 radical (unpaired) electrons. The van der Waals surface area contributed by atoms with E-state index in [1.165, 1.54) is 4.90 Å². The molecule has 1 amide bonds. The van der Waals surface area contributed by atoms with Crippen LogP contribution in [0, 0.1) is 0 Å². The molecule has 0 spiro atoms. The number of pyridine rings is 1. The molecule has 0 bridgehead atoms. The van der Waals surface area contributed by atoms with E-state index in [0.717, 1.165) is 10.0 Å². The number of carbonyl (C=O) groups excluding carboxylic acids is 2. The maximum Gasteiger partial charge on any atom is 0.295 e. The van der Waals surface area contributed by atoms with Gasteiger partial charge in [0.05, 0.1) is 18.2 Å². The number of likely N-dealkylation sites (tertiary alicyclic amines) is 1. The topological polar surface area (TPSA) is 79.7 Å². The zero-order valence-electron chi connectivity index (χ0n) is 17.4. The van der Waals surface area contributed by atoms with Gasteiger partial charge in [0.2, 0.25) is 0 Å². The second-order valence-corrected chi connectivity index (χ2v) is 8.21. The highest BCUT2D eigenvalue weighted by Gasteiger charge is 2.46. The van der Waals surface area contributed by atoms with Gasteiger partial charge < -0.3 is 14.7 Å². The molecule has 4 rings (SSSR count). The van der Waals surface area contributed by atoms with Crippen LogP contribution in [-0.4, -0.2) is 33.3 Å². The Morgan fingerprint density at radius 1 is 1.09 bits per heavy atom. The fourth-order valence-electron chi connectivity index (χ4n) is 3.75. The lowest BCUT2D eigenvalue weighted by Gasteiger charge is -2.25. The molecular weight excluding hydrogens is 472 g/mol. The smallest absolute Gasteiger partial charge is 0.295 e. The quantitative estimate of drug-likeness (QED) is 0.301. The Labute approximate surface area is 194 Å². The van der Waals surface area contributed by atoms with Crippen LogP contribution in [0.5, 0.6) is 5.75 Å². The average Bonchev–Trinajstić information content (AvgIpc) is 3.05. The van der Waals surface area contributed by atoms with Gasteiger partial charge in [-0.3, -0.25) is 14.6 Å². The van der Waals surface area contributed by atoms with Gasteiger partial charge >= 0.3 is 0 Å². The summed E-state index contributed by atoms with van der Waals surface area (Å²) in [6.07, 6.45) is 3.30. The summed E-state index contributed by atoms with van der Waals surface area (Å²) in [6.45, 7) is 2.62. The van der Waals surface area contributed by atoms with Crippen molar-refractivity contribution in [3.05, 3.63) is 99.8 Å². The number of Topliss-reactive ketones (excluding diaryl/α,β-unsaturated/α-hetero) is 1. The fraction of sp³-hybridized carbons (Fsp3) is 0.160. The number of hydrogen-bond acceptors (Lipinski definition) is 5. The van der Waals surface area contributed by atoms with Crippen molar-refractivity contribution in [1.29, 1.82) is 0 Å². The van der Waals surface area contributed by atoms with Crippen molar-refractivity contribution in [2.75, 3.05) is 6.61 Å². The van der Waals surface area contributed by atoms with Crippen LogP contribution < -0.4 is 4.74 Å². The number of aliphatic hydroxyl groups excluding tert-OH is 1. The highest BCUT2D eigenvalue weighted by Crippen LogP contribution is 2.40. The molecule has 1 N–H and O–H groups in total. The molecule has 1 aliphatic heterocycles. The molecule has 1 atom stereocenters. The number of ketones is 1. The number of nitrogens with zero attached hydrogens (tertiary/aromatic N) is 2. The van der Waals surface area contributed by atoms with Crippen LogP contribution >= 0.6 is 15.9 Å². The van der Waals surface area contributed by atoms with E-state index in [9.17, 15) is 14.7 Å². The molecule has 1 fully saturated rings. The summed E-state index contributed by atoms with van der Waals surface area (Å²) in [4.78, 5) is 31.7. The second-order valence-electron chi connectivity index (χ2n) is 7.30. The third-order valence-corrected chi connectivity index (χ3v) is 5.77. The summed E-state index contributed by atoms with van der Waals surface area (Å²) >= 11 is 3.37. The minimum absolute atomic E-state index is 0.0605. The lowest BCUT2D eigenvalue weighted by Crippen LogP contribution is -2.29. The molecule has 0 unspecified atom stereocenters. The minimum Gasteiger partial charge on any atom is -0.507 e.